The average molecular weight is 229 g/mol. The molecule has 3 rings (SSSR count). The summed E-state index contributed by atoms with van der Waals surface area (Å²) in [5.74, 6) is 0.640. The number of anilines is 1. The minimum atomic E-state index is -0.498. The number of rotatable bonds is 2. The lowest BCUT2D eigenvalue weighted by Crippen LogP contribution is -2.37. The normalized spacial score (nSPS) is 17.8. The number of benzene rings is 1. The molecule has 17 heavy (non-hydrogen) atoms. The molecule has 0 aliphatic carbocycles. The maximum absolute atomic E-state index is 12.0. The molecule has 2 aromatic rings. The molecule has 1 aromatic carbocycles. The van der Waals surface area contributed by atoms with E-state index in [4.69, 9.17) is 9.15 Å². The molecule has 2 heterocycles. The molecule has 1 aliphatic rings. The fourth-order valence-electron chi connectivity index (χ4n) is 1.85. The van der Waals surface area contributed by atoms with Gasteiger partial charge in [-0.1, -0.05) is 12.1 Å². The summed E-state index contributed by atoms with van der Waals surface area (Å²) in [6.07, 6.45) is 2.42. The van der Waals surface area contributed by atoms with Gasteiger partial charge in [-0.3, -0.25) is 4.79 Å². The van der Waals surface area contributed by atoms with Crippen LogP contribution in [0.15, 0.2) is 47.3 Å². The topological polar surface area (TPSA) is 51.5 Å². The van der Waals surface area contributed by atoms with E-state index in [0.717, 1.165) is 5.69 Å². The standard InChI is InChI=1S/C13H11NO3/c15-13(9-5-6-16-8-9)12-7-14-10-3-1-2-4-11(10)17-12/h1-6,8,12,14H,7H2. The lowest BCUT2D eigenvalue weighted by atomic mass is 10.1. The molecule has 1 N–H and O–H groups in total. The molecule has 1 aliphatic heterocycles. The molecule has 0 bridgehead atoms. The second-order valence-corrected chi connectivity index (χ2v) is 3.86. The first-order valence-electron chi connectivity index (χ1n) is 5.40. The van der Waals surface area contributed by atoms with Crippen LogP contribution in [0, 0.1) is 0 Å². The number of ether oxygens (including phenoxy) is 1. The van der Waals surface area contributed by atoms with Crippen LogP contribution in [-0.2, 0) is 0 Å². The van der Waals surface area contributed by atoms with Crippen molar-refractivity contribution in [2.75, 3.05) is 11.9 Å². The zero-order chi connectivity index (χ0) is 11.7. The van der Waals surface area contributed by atoms with Gasteiger partial charge in [-0.15, -0.1) is 0 Å². The smallest absolute Gasteiger partial charge is 0.208 e. The van der Waals surface area contributed by atoms with Crippen molar-refractivity contribution in [2.45, 2.75) is 6.10 Å². The van der Waals surface area contributed by atoms with E-state index in [1.54, 1.807) is 6.07 Å². The van der Waals surface area contributed by atoms with Gasteiger partial charge < -0.3 is 14.5 Å². The van der Waals surface area contributed by atoms with E-state index in [1.807, 2.05) is 24.3 Å². The van der Waals surface area contributed by atoms with Crippen LogP contribution in [0.2, 0.25) is 0 Å². The molecule has 0 saturated heterocycles. The third-order valence-corrected chi connectivity index (χ3v) is 2.73. The highest BCUT2D eigenvalue weighted by Gasteiger charge is 2.26. The lowest BCUT2D eigenvalue weighted by Gasteiger charge is -2.25. The summed E-state index contributed by atoms with van der Waals surface area (Å²) in [6, 6.07) is 9.22. The summed E-state index contributed by atoms with van der Waals surface area (Å²) in [4.78, 5) is 12.0. The first-order chi connectivity index (χ1) is 8.34. The number of carbonyl (C=O) groups is 1. The molecule has 0 spiro atoms. The largest absolute Gasteiger partial charge is 0.478 e. The van der Waals surface area contributed by atoms with E-state index in [-0.39, 0.29) is 5.78 Å². The molecule has 1 unspecified atom stereocenters. The molecular weight excluding hydrogens is 218 g/mol. The number of hydrogen-bond donors (Lipinski definition) is 1. The van der Waals surface area contributed by atoms with Gasteiger partial charge in [0.2, 0.25) is 5.78 Å². The Morgan fingerprint density at radius 2 is 2.18 bits per heavy atom. The highest BCUT2D eigenvalue weighted by atomic mass is 16.5. The van der Waals surface area contributed by atoms with Gasteiger partial charge in [0.15, 0.2) is 6.10 Å². The number of Topliss-reactive ketones (excluding diaryl/α,β-unsaturated/α-hetero) is 1. The number of hydrogen-bond acceptors (Lipinski definition) is 4. The Balaban J connectivity index is 1.83. The Hall–Kier alpha value is -2.23. The van der Waals surface area contributed by atoms with Crippen molar-refractivity contribution in [3.8, 4) is 5.75 Å². The molecule has 0 saturated carbocycles. The molecule has 0 radical (unpaired) electrons. The van der Waals surface area contributed by atoms with E-state index >= 15 is 0 Å². The van der Waals surface area contributed by atoms with E-state index in [1.165, 1.54) is 12.5 Å². The van der Waals surface area contributed by atoms with Crippen molar-refractivity contribution in [1.82, 2.24) is 0 Å². The third kappa shape index (κ3) is 1.78. The summed E-state index contributed by atoms with van der Waals surface area (Å²) in [5, 5.41) is 3.18. The molecule has 4 heteroatoms. The van der Waals surface area contributed by atoms with Crippen LogP contribution in [0.25, 0.3) is 0 Å². The Morgan fingerprint density at radius 1 is 1.29 bits per heavy atom. The van der Waals surface area contributed by atoms with Crippen molar-refractivity contribution in [3.05, 3.63) is 48.4 Å². The first-order valence-corrected chi connectivity index (χ1v) is 5.40. The van der Waals surface area contributed by atoms with Gasteiger partial charge in [0.25, 0.3) is 0 Å². The van der Waals surface area contributed by atoms with Crippen LogP contribution < -0.4 is 10.1 Å². The predicted molar refractivity (Wildman–Crippen MR) is 62.4 cm³/mol. The van der Waals surface area contributed by atoms with Gasteiger partial charge in [0.1, 0.15) is 12.0 Å². The minimum Gasteiger partial charge on any atom is -0.478 e. The van der Waals surface area contributed by atoms with Crippen LogP contribution >= 0.6 is 0 Å². The number of carbonyl (C=O) groups excluding carboxylic acids is 1. The van der Waals surface area contributed by atoms with Crippen molar-refractivity contribution in [2.24, 2.45) is 0 Å². The molecule has 0 amide bonds. The molecular formula is C13H11NO3. The minimum absolute atomic E-state index is 0.0687. The maximum Gasteiger partial charge on any atom is 0.208 e. The van der Waals surface area contributed by atoms with Gasteiger partial charge in [-0.25, -0.2) is 0 Å². The number of fused-ring (bicyclic) bond motifs is 1. The summed E-state index contributed by atoms with van der Waals surface area (Å²) in [5.41, 5.74) is 1.46. The summed E-state index contributed by atoms with van der Waals surface area (Å²) in [7, 11) is 0. The van der Waals surface area contributed by atoms with Gasteiger partial charge >= 0.3 is 0 Å². The summed E-state index contributed by atoms with van der Waals surface area (Å²) in [6.45, 7) is 0.473. The third-order valence-electron chi connectivity index (χ3n) is 2.73. The van der Waals surface area contributed by atoms with E-state index in [0.29, 0.717) is 17.9 Å². The number of ketones is 1. The van der Waals surface area contributed by atoms with Crippen LogP contribution in [0.5, 0.6) is 5.75 Å². The van der Waals surface area contributed by atoms with E-state index in [2.05, 4.69) is 5.32 Å². The van der Waals surface area contributed by atoms with Crippen molar-refractivity contribution < 1.29 is 13.9 Å². The molecule has 0 fully saturated rings. The predicted octanol–water partition coefficient (Wildman–Crippen LogP) is 2.34. The van der Waals surface area contributed by atoms with E-state index < -0.39 is 6.10 Å². The number of nitrogens with one attached hydrogen (secondary N) is 1. The highest BCUT2D eigenvalue weighted by Crippen LogP contribution is 2.29. The lowest BCUT2D eigenvalue weighted by molar-refractivity contribution is 0.0801. The van der Waals surface area contributed by atoms with E-state index in [9.17, 15) is 4.79 Å². The second kappa shape index (κ2) is 3.97. The zero-order valence-corrected chi connectivity index (χ0v) is 9.05. The van der Waals surface area contributed by atoms with Gasteiger partial charge in [-0.2, -0.15) is 0 Å². The monoisotopic (exact) mass is 229 g/mol. The second-order valence-electron chi connectivity index (χ2n) is 3.86. The van der Waals surface area contributed by atoms with Crippen molar-refractivity contribution in [1.29, 1.82) is 0 Å². The number of para-hydroxylation sites is 2. The Labute approximate surface area is 98.2 Å². The van der Waals surface area contributed by atoms with Crippen LogP contribution in [-0.4, -0.2) is 18.4 Å². The highest BCUT2D eigenvalue weighted by molar-refractivity contribution is 6.00. The first kappa shape index (κ1) is 9.96. The fourth-order valence-corrected chi connectivity index (χ4v) is 1.85. The quantitative estimate of drug-likeness (QED) is 0.803. The summed E-state index contributed by atoms with van der Waals surface area (Å²) >= 11 is 0. The molecule has 1 atom stereocenters. The fraction of sp³-hybridized carbons (Fsp3) is 0.154. The van der Waals surface area contributed by atoms with Gasteiger partial charge in [0.05, 0.1) is 24.1 Å². The Kier molecular flexibility index (Phi) is 2.33. The van der Waals surface area contributed by atoms with Gasteiger partial charge in [0, 0.05) is 0 Å². The number of furan rings is 1. The van der Waals surface area contributed by atoms with Crippen LogP contribution in [0.4, 0.5) is 5.69 Å². The Bertz CT molecular complexity index is 533. The van der Waals surface area contributed by atoms with Gasteiger partial charge in [-0.05, 0) is 18.2 Å². The Morgan fingerprint density at radius 3 is 3.00 bits per heavy atom. The molecule has 1 aromatic heterocycles. The zero-order valence-electron chi connectivity index (χ0n) is 9.05. The van der Waals surface area contributed by atoms with Crippen LogP contribution in [0.1, 0.15) is 10.4 Å². The van der Waals surface area contributed by atoms with Crippen LogP contribution in [0.3, 0.4) is 0 Å². The van der Waals surface area contributed by atoms with Crippen molar-refractivity contribution >= 4 is 11.5 Å². The van der Waals surface area contributed by atoms with Crippen molar-refractivity contribution in [3.63, 3.8) is 0 Å². The molecule has 4 nitrogen and oxygen atoms in total. The SMILES string of the molecule is O=C(c1ccoc1)C1CNc2ccccc2O1. The molecule has 86 valence electrons. The average Bonchev–Trinajstić information content (AvgIpc) is 2.91. The summed E-state index contributed by atoms with van der Waals surface area (Å²) < 4.78 is 10.6. The maximum atomic E-state index is 12.0.